The summed E-state index contributed by atoms with van der Waals surface area (Å²) < 4.78 is 26.6. The Labute approximate surface area is 127 Å². The van der Waals surface area contributed by atoms with Gasteiger partial charge in [-0.05, 0) is 38.5 Å². The van der Waals surface area contributed by atoms with Gasteiger partial charge in [-0.2, -0.15) is 0 Å². The van der Waals surface area contributed by atoms with E-state index in [1.54, 1.807) is 26.0 Å². The SMILES string of the molecule is CCCCCNC(=O)c1cccc(S(=O)(=O)NC(C)C)c1. The van der Waals surface area contributed by atoms with Gasteiger partial charge in [-0.25, -0.2) is 13.1 Å². The third kappa shape index (κ3) is 5.85. The number of amides is 1. The maximum Gasteiger partial charge on any atom is 0.251 e. The Morgan fingerprint density at radius 1 is 1.24 bits per heavy atom. The third-order valence-corrected chi connectivity index (χ3v) is 4.52. The second kappa shape index (κ2) is 8.14. The normalized spacial score (nSPS) is 11.6. The number of nitrogens with one attached hydrogen (secondary N) is 2. The molecule has 1 aromatic rings. The minimum atomic E-state index is -3.57. The maximum atomic E-state index is 12.1. The van der Waals surface area contributed by atoms with Gasteiger partial charge >= 0.3 is 0 Å². The first-order valence-corrected chi connectivity index (χ1v) is 8.75. The molecule has 0 radical (unpaired) electrons. The van der Waals surface area contributed by atoms with Crippen molar-refractivity contribution >= 4 is 15.9 Å². The fraction of sp³-hybridized carbons (Fsp3) is 0.533. The number of hydrogen-bond acceptors (Lipinski definition) is 3. The molecule has 0 aliphatic heterocycles. The molecule has 21 heavy (non-hydrogen) atoms. The van der Waals surface area contributed by atoms with Crippen LogP contribution in [0.4, 0.5) is 0 Å². The summed E-state index contributed by atoms with van der Waals surface area (Å²) in [6.45, 7) is 6.20. The number of rotatable bonds is 8. The van der Waals surface area contributed by atoms with E-state index in [9.17, 15) is 13.2 Å². The summed E-state index contributed by atoms with van der Waals surface area (Å²) in [5.74, 6) is -0.243. The van der Waals surface area contributed by atoms with Crippen LogP contribution in [0.2, 0.25) is 0 Å². The Hall–Kier alpha value is -1.40. The summed E-state index contributed by atoms with van der Waals surface area (Å²) in [6, 6.07) is 5.89. The Bertz CT molecular complexity index is 568. The van der Waals surface area contributed by atoms with Crippen LogP contribution in [-0.2, 0) is 10.0 Å². The molecule has 118 valence electrons. The first kappa shape index (κ1) is 17.7. The molecule has 0 saturated carbocycles. The molecule has 2 N–H and O–H groups in total. The number of hydrogen-bond donors (Lipinski definition) is 2. The van der Waals surface area contributed by atoms with Crippen molar-refractivity contribution in [3.05, 3.63) is 29.8 Å². The van der Waals surface area contributed by atoms with Crippen LogP contribution in [0, 0.1) is 0 Å². The molecular weight excluding hydrogens is 288 g/mol. The lowest BCUT2D eigenvalue weighted by molar-refractivity contribution is 0.0952. The highest BCUT2D eigenvalue weighted by molar-refractivity contribution is 7.89. The number of sulfonamides is 1. The number of carbonyl (C=O) groups excluding carboxylic acids is 1. The molecule has 0 aliphatic carbocycles. The Morgan fingerprint density at radius 2 is 1.95 bits per heavy atom. The predicted molar refractivity (Wildman–Crippen MR) is 83.8 cm³/mol. The highest BCUT2D eigenvalue weighted by Crippen LogP contribution is 2.12. The van der Waals surface area contributed by atoms with Crippen LogP contribution in [0.1, 0.15) is 50.4 Å². The van der Waals surface area contributed by atoms with Crippen molar-refractivity contribution in [2.75, 3.05) is 6.54 Å². The molecule has 1 amide bonds. The summed E-state index contributed by atoms with van der Waals surface area (Å²) >= 11 is 0. The highest BCUT2D eigenvalue weighted by atomic mass is 32.2. The van der Waals surface area contributed by atoms with E-state index in [-0.39, 0.29) is 16.8 Å². The van der Waals surface area contributed by atoms with Crippen LogP contribution in [0.3, 0.4) is 0 Å². The lowest BCUT2D eigenvalue weighted by atomic mass is 10.2. The summed E-state index contributed by atoms with van der Waals surface area (Å²) in [4.78, 5) is 12.1. The molecule has 1 rings (SSSR count). The first-order chi connectivity index (χ1) is 9.86. The van der Waals surface area contributed by atoms with Gasteiger partial charge in [0.15, 0.2) is 0 Å². The summed E-state index contributed by atoms with van der Waals surface area (Å²) in [5, 5.41) is 2.80. The third-order valence-electron chi connectivity index (χ3n) is 2.86. The van der Waals surface area contributed by atoms with Crippen LogP contribution in [0.25, 0.3) is 0 Å². The van der Waals surface area contributed by atoms with Gasteiger partial charge in [-0.3, -0.25) is 4.79 Å². The molecular formula is C15H24N2O3S. The van der Waals surface area contributed by atoms with Gasteiger partial charge in [0.2, 0.25) is 10.0 Å². The van der Waals surface area contributed by atoms with Crippen molar-refractivity contribution in [1.29, 1.82) is 0 Å². The molecule has 0 spiro atoms. The van der Waals surface area contributed by atoms with E-state index < -0.39 is 10.0 Å². The Morgan fingerprint density at radius 3 is 2.57 bits per heavy atom. The van der Waals surface area contributed by atoms with E-state index in [1.807, 2.05) is 0 Å². The van der Waals surface area contributed by atoms with E-state index in [0.717, 1.165) is 19.3 Å². The zero-order chi connectivity index (χ0) is 15.9. The van der Waals surface area contributed by atoms with Gasteiger partial charge < -0.3 is 5.32 Å². The van der Waals surface area contributed by atoms with Crippen molar-refractivity contribution in [3.8, 4) is 0 Å². The molecule has 0 unspecified atom stereocenters. The van der Waals surface area contributed by atoms with Crippen LogP contribution in [0.15, 0.2) is 29.2 Å². The molecule has 0 fully saturated rings. The molecule has 0 heterocycles. The number of carbonyl (C=O) groups is 1. The van der Waals surface area contributed by atoms with Crippen LogP contribution < -0.4 is 10.0 Å². The van der Waals surface area contributed by atoms with Crippen molar-refractivity contribution in [2.24, 2.45) is 0 Å². The predicted octanol–water partition coefficient (Wildman–Crippen LogP) is 2.29. The minimum Gasteiger partial charge on any atom is -0.352 e. The molecule has 5 nitrogen and oxygen atoms in total. The molecule has 1 aromatic carbocycles. The van der Waals surface area contributed by atoms with Crippen LogP contribution in [0.5, 0.6) is 0 Å². The second-order valence-electron chi connectivity index (χ2n) is 5.27. The largest absolute Gasteiger partial charge is 0.352 e. The number of benzene rings is 1. The van der Waals surface area contributed by atoms with Crippen molar-refractivity contribution < 1.29 is 13.2 Å². The van der Waals surface area contributed by atoms with E-state index in [2.05, 4.69) is 17.0 Å². The average molecular weight is 312 g/mol. The standard InChI is InChI=1S/C15H24N2O3S/c1-4-5-6-10-16-15(18)13-8-7-9-14(11-13)21(19,20)17-12(2)3/h7-9,11-12,17H,4-6,10H2,1-3H3,(H,16,18). The van der Waals surface area contributed by atoms with Gasteiger partial charge in [0.05, 0.1) is 4.90 Å². The molecule has 0 aliphatic rings. The van der Waals surface area contributed by atoms with E-state index in [4.69, 9.17) is 0 Å². The highest BCUT2D eigenvalue weighted by Gasteiger charge is 2.17. The zero-order valence-electron chi connectivity index (χ0n) is 12.8. The molecule has 0 bridgehead atoms. The average Bonchev–Trinajstić information content (AvgIpc) is 2.42. The number of unbranched alkanes of at least 4 members (excludes halogenated alkanes) is 2. The van der Waals surface area contributed by atoms with E-state index in [1.165, 1.54) is 12.1 Å². The smallest absolute Gasteiger partial charge is 0.251 e. The zero-order valence-corrected chi connectivity index (χ0v) is 13.7. The van der Waals surface area contributed by atoms with Gasteiger partial charge in [0.1, 0.15) is 0 Å². The quantitative estimate of drug-likeness (QED) is 0.723. The Balaban J connectivity index is 2.78. The fourth-order valence-corrected chi connectivity index (χ4v) is 3.16. The molecule has 0 aromatic heterocycles. The van der Waals surface area contributed by atoms with Crippen molar-refractivity contribution in [3.63, 3.8) is 0 Å². The van der Waals surface area contributed by atoms with Crippen LogP contribution >= 0.6 is 0 Å². The summed E-state index contributed by atoms with van der Waals surface area (Å²) in [7, 11) is -3.57. The minimum absolute atomic E-state index is 0.109. The van der Waals surface area contributed by atoms with E-state index in [0.29, 0.717) is 12.1 Å². The summed E-state index contributed by atoms with van der Waals surface area (Å²) in [5.41, 5.74) is 0.359. The molecule has 0 atom stereocenters. The Kier molecular flexibility index (Phi) is 6.84. The fourth-order valence-electron chi connectivity index (χ4n) is 1.86. The van der Waals surface area contributed by atoms with Crippen molar-refractivity contribution in [2.45, 2.75) is 51.0 Å². The van der Waals surface area contributed by atoms with Gasteiger partial charge in [0.25, 0.3) is 5.91 Å². The molecule has 6 heteroatoms. The topological polar surface area (TPSA) is 75.3 Å². The van der Waals surface area contributed by atoms with Gasteiger partial charge in [0, 0.05) is 18.2 Å². The lowest BCUT2D eigenvalue weighted by Gasteiger charge is -2.11. The second-order valence-corrected chi connectivity index (χ2v) is 6.98. The monoisotopic (exact) mass is 312 g/mol. The van der Waals surface area contributed by atoms with Gasteiger partial charge in [-0.1, -0.05) is 25.8 Å². The van der Waals surface area contributed by atoms with E-state index >= 15 is 0 Å². The van der Waals surface area contributed by atoms with Gasteiger partial charge in [-0.15, -0.1) is 0 Å². The van der Waals surface area contributed by atoms with Crippen molar-refractivity contribution in [1.82, 2.24) is 10.0 Å². The first-order valence-electron chi connectivity index (χ1n) is 7.27. The maximum absolute atomic E-state index is 12.1. The molecule has 0 saturated heterocycles. The summed E-state index contributed by atoms with van der Waals surface area (Å²) in [6.07, 6.45) is 3.08. The lowest BCUT2D eigenvalue weighted by Crippen LogP contribution is -2.30. The van der Waals surface area contributed by atoms with Crippen LogP contribution in [-0.4, -0.2) is 26.9 Å².